The average molecular weight is 414 g/mol. The molecule has 150 valence electrons. The highest BCUT2D eigenvalue weighted by atomic mass is 32.2. The predicted molar refractivity (Wildman–Crippen MR) is 107 cm³/mol. The van der Waals surface area contributed by atoms with Crippen molar-refractivity contribution in [3.05, 3.63) is 63.7 Å². The highest BCUT2D eigenvalue weighted by Crippen LogP contribution is 2.21. The zero-order valence-electron chi connectivity index (χ0n) is 15.5. The molecule has 2 N–H and O–H groups in total. The number of rotatable bonds is 5. The fraction of sp³-hybridized carbons (Fsp3) is 0.211. The van der Waals surface area contributed by atoms with Gasteiger partial charge in [-0.25, -0.2) is 13.2 Å². The van der Waals surface area contributed by atoms with Crippen molar-refractivity contribution in [2.24, 2.45) is 0 Å². The van der Waals surface area contributed by atoms with Crippen molar-refractivity contribution >= 4 is 27.4 Å². The van der Waals surface area contributed by atoms with E-state index in [0.717, 1.165) is 11.8 Å². The lowest BCUT2D eigenvalue weighted by molar-refractivity contribution is -0.385. The van der Waals surface area contributed by atoms with Gasteiger partial charge >= 0.3 is 6.03 Å². The van der Waals surface area contributed by atoms with Crippen molar-refractivity contribution in [1.29, 1.82) is 0 Å². The van der Waals surface area contributed by atoms with Crippen LogP contribution in [0, 0.1) is 28.9 Å². The van der Waals surface area contributed by atoms with E-state index in [4.69, 9.17) is 0 Å². The number of amides is 2. The third-order valence-corrected chi connectivity index (χ3v) is 5.83. The summed E-state index contributed by atoms with van der Waals surface area (Å²) in [7, 11) is -3.93. The molecule has 29 heavy (non-hydrogen) atoms. The Morgan fingerprint density at radius 3 is 2.59 bits per heavy atom. The van der Waals surface area contributed by atoms with Gasteiger partial charge in [0.2, 0.25) is 10.0 Å². The van der Waals surface area contributed by atoms with Crippen molar-refractivity contribution in [2.75, 3.05) is 24.5 Å². The van der Waals surface area contributed by atoms with Crippen LogP contribution in [0.4, 0.5) is 16.2 Å². The smallest absolute Gasteiger partial charge is 0.321 e. The Hall–Kier alpha value is -3.42. The Morgan fingerprint density at radius 1 is 1.24 bits per heavy atom. The number of benzene rings is 2. The quantitative estimate of drug-likeness (QED) is 0.439. The molecule has 0 saturated carbocycles. The molecule has 1 aliphatic heterocycles. The van der Waals surface area contributed by atoms with Gasteiger partial charge in [-0.15, -0.1) is 0 Å². The Labute approximate surface area is 167 Å². The van der Waals surface area contributed by atoms with Gasteiger partial charge < -0.3 is 5.32 Å². The zero-order chi connectivity index (χ0) is 21.0. The zero-order valence-corrected chi connectivity index (χ0v) is 16.3. The summed E-state index contributed by atoms with van der Waals surface area (Å²) < 4.78 is 27.2. The van der Waals surface area contributed by atoms with Crippen LogP contribution in [-0.2, 0) is 10.0 Å². The topological polar surface area (TPSA) is 122 Å². The van der Waals surface area contributed by atoms with E-state index in [-0.39, 0.29) is 23.2 Å². The maximum absolute atomic E-state index is 12.4. The molecule has 0 unspecified atom stereocenters. The lowest BCUT2D eigenvalue weighted by Gasteiger charge is -2.13. The number of aryl methyl sites for hydroxylation is 1. The second-order valence-corrected chi connectivity index (χ2v) is 8.00. The SMILES string of the molecule is Cc1ccc([N+](=O)[O-])cc1S(=O)(=O)NCC#Cc1ccc(N2CCNC2=O)cc1. The van der Waals surface area contributed by atoms with Gasteiger partial charge in [-0.1, -0.05) is 17.9 Å². The Bertz CT molecular complexity index is 1120. The fourth-order valence-electron chi connectivity index (χ4n) is 2.79. The lowest BCUT2D eigenvalue weighted by atomic mass is 10.2. The molecule has 0 bridgehead atoms. The van der Waals surface area contributed by atoms with Gasteiger partial charge in [0.05, 0.1) is 16.4 Å². The van der Waals surface area contributed by atoms with E-state index >= 15 is 0 Å². The van der Waals surface area contributed by atoms with Gasteiger partial charge in [0.15, 0.2) is 0 Å². The molecule has 9 nitrogen and oxygen atoms in total. The van der Waals surface area contributed by atoms with Crippen LogP contribution in [-0.4, -0.2) is 39.0 Å². The molecular formula is C19H18N4O5S. The number of urea groups is 1. The summed E-state index contributed by atoms with van der Waals surface area (Å²) in [5.74, 6) is 5.55. The van der Waals surface area contributed by atoms with Crippen molar-refractivity contribution in [1.82, 2.24) is 10.0 Å². The van der Waals surface area contributed by atoms with Gasteiger partial charge in [0.1, 0.15) is 0 Å². The van der Waals surface area contributed by atoms with Crippen molar-refractivity contribution in [2.45, 2.75) is 11.8 Å². The van der Waals surface area contributed by atoms with Gasteiger partial charge in [-0.05, 0) is 36.8 Å². The summed E-state index contributed by atoms with van der Waals surface area (Å²) >= 11 is 0. The van der Waals surface area contributed by atoms with Gasteiger partial charge in [0.25, 0.3) is 5.69 Å². The third-order valence-electron chi connectivity index (χ3n) is 4.29. The molecule has 10 heteroatoms. The number of carbonyl (C=O) groups excluding carboxylic acids is 1. The summed E-state index contributed by atoms with van der Waals surface area (Å²) in [4.78, 5) is 23.3. The Balaban J connectivity index is 1.66. The first-order valence-electron chi connectivity index (χ1n) is 8.67. The van der Waals surface area contributed by atoms with Crippen molar-refractivity contribution in [3.8, 4) is 11.8 Å². The number of hydrogen-bond acceptors (Lipinski definition) is 5. The number of nitro benzene ring substituents is 1. The first kappa shape index (κ1) is 20.3. The molecule has 0 radical (unpaired) electrons. The van der Waals surface area contributed by atoms with Crippen molar-refractivity contribution < 1.29 is 18.1 Å². The molecule has 3 rings (SSSR count). The summed E-state index contributed by atoms with van der Waals surface area (Å²) in [5.41, 5.74) is 1.53. The maximum atomic E-state index is 12.4. The molecule has 0 atom stereocenters. The molecule has 1 aliphatic rings. The van der Waals surface area contributed by atoms with E-state index in [0.29, 0.717) is 24.2 Å². The summed E-state index contributed by atoms with van der Waals surface area (Å²) in [5, 5.41) is 13.6. The van der Waals surface area contributed by atoms with Crippen LogP contribution >= 0.6 is 0 Å². The molecule has 1 saturated heterocycles. The number of nitro groups is 1. The van der Waals surface area contributed by atoms with E-state index in [1.54, 1.807) is 36.1 Å². The van der Waals surface area contributed by atoms with Crippen LogP contribution in [0.3, 0.4) is 0 Å². The minimum absolute atomic E-state index is 0.144. The number of nitrogens with zero attached hydrogens (tertiary/aromatic N) is 2. The average Bonchev–Trinajstić information content (AvgIpc) is 3.11. The molecular weight excluding hydrogens is 396 g/mol. The van der Waals surface area contributed by atoms with Crippen LogP contribution in [0.25, 0.3) is 0 Å². The van der Waals surface area contributed by atoms with Crippen LogP contribution < -0.4 is 14.9 Å². The molecule has 2 amide bonds. The number of carbonyl (C=O) groups is 1. The second kappa shape index (κ2) is 8.30. The summed E-state index contributed by atoms with van der Waals surface area (Å²) in [6.45, 7) is 2.61. The van der Waals surface area contributed by atoms with Crippen LogP contribution in [0.5, 0.6) is 0 Å². The Morgan fingerprint density at radius 2 is 1.97 bits per heavy atom. The molecule has 2 aromatic rings. The van der Waals surface area contributed by atoms with E-state index in [1.807, 2.05) is 0 Å². The number of nitrogens with one attached hydrogen (secondary N) is 2. The van der Waals surface area contributed by atoms with Crippen molar-refractivity contribution in [3.63, 3.8) is 0 Å². The van der Waals surface area contributed by atoms with Gasteiger partial charge in [0, 0.05) is 36.5 Å². The molecule has 0 aromatic heterocycles. The van der Waals surface area contributed by atoms with Crippen LogP contribution in [0.1, 0.15) is 11.1 Å². The standard InChI is InChI=1S/C19H18N4O5S/c1-14-4-7-17(23(25)26)13-18(14)29(27,28)21-10-2-3-15-5-8-16(9-6-15)22-12-11-20-19(22)24/h4-9,13,21H,10-12H2,1H3,(H,20,24). The van der Waals surface area contributed by atoms with E-state index < -0.39 is 14.9 Å². The fourth-order valence-corrected chi connectivity index (χ4v) is 3.98. The summed E-state index contributed by atoms with van der Waals surface area (Å²) in [6.07, 6.45) is 0. The largest absolute Gasteiger partial charge is 0.336 e. The molecule has 0 spiro atoms. The van der Waals surface area contributed by atoms with Crippen LogP contribution in [0.15, 0.2) is 47.4 Å². The number of anilines is 1. The second-order valence-electron chi connectivity index (χ2n) is 6.26. The predicted octanol–water partition coefficient (Wildman–Crippen LogP) is 1.76. The van der Waals surface area contributed by atoms with E-state index in [1.165, 1.54) is 12.1 Å². The molecule has 1 fully saturated rings. The Kier molecular flexibility index (Phi) is 5.81. The maximum Gasteiger partial charge on any atom is 0.321 e. The number of sulfonamides is 1. The monoisotopic (exact) mass is 414 g/mol. The van der Waals surface area contributed by atoms with E-state index in [9.17, 15) is 23.3 Å². The van der Waals surface area contributed by atoms with Gasteiger partial charge in [-0.2, -0.15) is 4.72 Å². The number of hydrogen-bond donors (Lipinski definition) is 2. The minimum Gasteiger partial charge on any atom is -0.336 e. The van der Waals surface area contributed by atoms with E-state index in [2.05, 4.69) is 21.9 Å². The molecule has 0 aliphatic carbocycles. The highest BCUT2D eigenvalue weighted by Gasteiger charge is 2.21. The van der Waals surface area contributed by atoms with Gasteiger partial charge in [-0.3, -0.25) is 15.0 Å². The first-order valence-corrected chi connectivity index (χ1v) is 10.2. The minimum atomic E-state index is -3.93. The first-order chi connectivity index (χ1) is 13.8. The highest BCUT2D eigenvalue weighted by molar-refractivity contribution is 7.89. The molecule has 2 aromatic carbocycles. The summed E-state index contributed by atoms with van der Waals surface area (Å²) in [6, 6.07) is 10.6. The normalized spacial score (nSPS) is 13.6. The number of non-ortho nitro benzene ring substituents is 1. The van der Waals surface area contributed by atoms with Crippen LogP contribution in [0.2, 0.25) is 0 Å². The lowest BCUT2D eigenvalue weighted by Crippen LogP contribution is -2.27. The third kappa shape index (κ3) is 4.71. The molecule has 1 heterocycles.